The Morgan fingerprint density at radius 3 is 2.76 bits per heavy atom. The van der Waals surface area contributed by atoms with Gasteiger partial charge in [-0.2, -0.15) is 0 Å². The number of hydrogen-bond donors (Lipinski definition) is 1. The Labute approximate surface area is 124 Å². The lowest BCUT2D eigenvalue weighted by Gasteiger charge is -2.07. The molecule has 1 aliphatic rings. The standard InChI is InChI=1S/C17H21N3O/c1-11(2)9-12-15(17(12,3)4)16(21)19-20-10-18-13-7-5-6-8-14(13)20/h5-10,12,15H,1-4H3,(H,19,21)/t12-,15-/m1/s1. The molecule has 0 spiro atoms. The average molecular weight is 283 g/mol. The van der Waals surface area contributed by atoms with Crippen LogP contribution in [0.15, 0.2) is 42.2 Å². The number of hydrogen-bond acceptors (Lipinski definition) is 2. The summed E-state index contributed by atoms with van der Waals surface area (Å²) in [6, 6.07) is 7.77. The fourth-order valence-electron chi connectivity index (χ4n) is 3.09. The summed E-state index contributed by atoms with van der Waals surface area (Å²) in [7, 11) is 0. The first kappa shape index (κ1) is 13.9. The number of para-hydroxylation sites is 2. The van der Waals surface area contributed by atoms with Gasteiger partial charge in [-0.15, -0.1) is 0 Å². The van der Waals surface area contributed by atoms with Gasteiger partial charge in [-0.05, 0) is 37.3 Å². The Hall–Kier alpha value is -2.10. The van der Waals surface area contributed by atoms with Gasteiger partial charge in [0.2, 0.25) is 5.91 Å². The summed E-state index contributed by atoms with van der Waals surface area (Å²) < 4.78 is 1.71. The van der Waals surface area contributed by atoms with E-state index in [4.69, 9.17) is 0 Å². The molecule has 110 valence electrons. The second-order valence-corrected chi connectivity index (χ2v) is 6.65. The molecule has 1 aromatic carbocycles. The van der Waals surface area contributed by atoms with Crippen molar-refractivity contribution >= 4 is 16.9 Å². The lowest BCUT2D eigenvalue weighted by molar-refractivity contribution is -0.119. The molecule has 2 atom stereocenters. The van der Waals surface area contributed by atoms with Crippen LogP contribution < -0.4 is 5.43 Å². The molecule has 1 N–H and O–H groups in total. The van der Waals surface area contributed by atoms with Gasteiger partial charge >= 0.3 is 0 Å². The number of rotatable bonds is 3. The Balaban J connectivity index is 1.80. The van der Waals surface area contributed by atoms with Gasteiger partial charge < -0.3 is 0 Å². The van der Waals surface area contributed by atoms with Crippen molar-refractivity contribution in [1.82, 2.24) is 9.66 Å². The maximum absolute atomic E-state index is 12.5. The van der Waals surface area contributed by atoms with Gasteiger partial charge in [0.25, 0.3) is 0 Å². The van der Waals surface area contributed by atoms with E-state index in [9.17, 15) is 4.79 Å². The first-order valence-corrected chi connectivity index (χ1v) is 7.29. The lowest BCUT2D eigenvalue weighted by atomic mass is 10.1. The molecule has 0 radical (unpaired) electrons. The van der Waals surface area contributed by atoms with Crippen molar-refractivity contribution in [3.63, 3.8) is 0 Å². The van der Waals surface area contributed by atoms with Crippen LogP contribution >= 0.6 is 0 Å². The summed E-state index contributed by atoms with van der Waals surface area (Å²) in [5.41, 5.74) is 6.06. The zero-order chi connectivity index (χ0) is 15.2. The number of nitrogens with one attached hydrogen (secondary N) is 1. The smallest absolute Gasteiger partial charge is 0.243 e. The number of nitrogens with zero attached hydrogens (tertiary/aromatic N) is 2. The molecule has 0 saturated heterocycles. The Bertz CT molecular complexity index is 722. The van der Waals surface area contributed by atoms with Crippen molar-refractivity contribution in [3.8, 4) is 0 Å². The second kappa shape index (κ2) is 4.72. The van der Waals surface area contributed by atoms with E-state index in [1.165, 1.54) is 5.57 Å². The van der Waals surface area contributed by atoms with Gasteiger partial charge in [0.15, 0.2) is 0 Å². The van der Waals surface area contributed by atoms with Crippen LogP contribution in [0, 0.1) is 17.3 Å². The molecule has 1 saturated carbocycles. The molecule has 4 heteroatoms. The zero-order valence-electron chi connectivity index (χ0n) is 12.9. The van der Waals surface area contributed by atoms with Gasteiger partial charge in [-0.25, -0.2) is 9.66 Å². The van der Waals surface area contributed by atoms with Gasteiger partial charge in [0.1, 0.15) is 6.33 Å². The monoisotopic (exact) mass is 283 g/mol. The van der Waals surface area contributed by atoms with E-state index < -0.39 is 0 Å². The van der Waals surface area contributed by atoms with Crippen molar-refractivity contribution in [3.05, 3.63) is 42.2 Å². The van der Waals surface area contributed by atoms with Crippen molar-refractivity contribution in [2.45, 2.75) is 27.7 Å². The van der Waals surface area contributed by atoms with E-state index >= 15 is 0 Å². The van der Waals surface area contributed by atoms with Crippen LogP contribution in [0.25, 0.3) is 11.0 Å². The van der Waals surface area contributed by atoms with E-state index in [-0.39, 0.29) is 17.2 Å². The molecule has 0 aliphatic heterocycles. The Morgan fingerprint density at radius 2 is 2.05 bits per heavy atom. The molecule has 1 amide bonds. The van der Waals surface area contributed by atoms with Crippen LogP contribution in [0.5, 0.6) is 0 Å². The number of amides is 1. The molecule has 1 heterocycles. The van der Waals surface area contributed by atoms with Crippen molar-refractivity contribution < 1.29 is 4.79 Å². The molecular weight excluding hydrogens is 262 g/mol. The predicted octanol–water partition coefficient (Wildman–Crippen LogP) is 3.34. The van der Waals surface area contributed by atoms with Crippen molar-refractivity contribution in [2.75, 3.05) is 5.43 Å². The van der Waals surface area contributed by atoms with E-state index in [0.717, 1.165) is 11.0 Å². The fourth-order valence-corrected chi connectivity index (χ4v) is 3.09. The molecule has 1 aromatic heterocycles. The summed E-state index contributed by atoms with van der Waals surface area (Å²) in [6.45, 7) is 8.44. The topological polar surface area (TPSA) is 46.9 Å². The first-order chi connectivity index (χ1) is 9.91. The highest BCUT2D eigenvalue weighted by atomic mass is 16.2. The third-order valence-electron chi connectivity index (χ3n) is 4.39. The summed E-state index contributed by atoms with van der Waals surface area (Å²) in [6.07, 6.45) is 3.87. The number of allylic oxidation sites excluding steroid dienone is 2. The summed E-state index contributed by atoms with van der Waals surface area (Å²) in [5.74, 6) is 0.400. The van der Waals surface area contributed by atoms with Gasteiger partial charge in [-0.3, -0.25) is 10.2 Å². The maximum Gasteiger partial charge on any atom is 0.243 e. The number of benzene rings is 1. The minimum atomic E-state index is 0.0218. The molecule has 21 heavy (non-hydrogen) atoms. The highest BCUT2D eigenvalue weighted by molar-refractivity contribution is 5.91. The maximum atomic E-state index is 12.5. The van der Waals surface area contributed by atoms with Crippen LogP contribution in [0.4, 0.5) is 0 Å². The molecule has 0 unspecified atom stereocenters. The van der Waals surface area contributed by atoms with Gasteiger partial charge in [0, 0.05) is 0 Å². The SMILES string of the molecule is CC(C)=C[C@@H]1[C@H](C(=O)Nn2cnc3ccccc32)C1(C)C. The first-order valence-electron chi connectivity index (χ1n) is 7.29. The van der Waals surface area contributed by atoms with Gasteiger partial charge in [0.05, 0.1) is 17.0 Å². The molecule has 1 fully saturated rings. The summed E-state index contributed by atoms with van der Waals surface area (Å²) in [5, 5.41) is 0. The molecule has 4 nitrogen and oxygen atoms in total. The number of carbonyl (C=O) groups excluding carboxylic acids is 1. The number of imidazole rings is 1. The lowest BCUT2D eigenvalue weighted by Crippen LogP contribution is -2.25. The third kappa shape index (κ3) is 2.35. The second-order valence-electron chi connectivity index (χ2n) is 6.65. The normalized spacial score (nSPS) is 22.9. The molecule has 3 rings (SSSR count). The van der Waals surface area contributed by atoms with E-state index in [2.05, 4.69) is 44.2 Å². The van der Waals surface area contributed by atoms with Crippen molar-refractivity contribution in [1.29, 1.82) is 0 Å². The summed E-state index contributed by atoms with van der Waals surface area (Å²) in [4.78, 5) is 16.8. The quantitative estimate of drug-likeness (QED) is 0.878. The largest absolute Gasteiger partial charge is 0.273 e. The third-order valence-corrected chi connectivity index (χ3v) is 4.39. The minimum absolute atomic E-state index is 0.0218. The van der Waals surface area contributed by atoms with Crippen LogP contribution in [0.1, 0.15) is 27.7 Å². The number of fused-ring (bicyclic) bond motifs is 1. The van der Waals surface area contributed by atoms with E-state index in [1.807, 2.05) is 24.3 Å². The summed E-state index contributed by atoms with van der Waals surface area (Å²) >= 11 is 0. The highest BCUT2D eigenvalue weighted by Crippen LogP contribution is 2.59. The molecular formula is C17H21N3O. The van der Waals surface area contributed by atoms with Crippen LogP contribution in [-0.2, 0) is 4.79 Å². The van der Waals surface area contributed by atoms with E-state index in [1.54, 1.807) is 11.0 Å². The highest BCUT2D eigenvalue weighted by Gasteiger charge is 2.60. The van der Waals surface area contributed by atoms with Crippen molar-refractivity contribution in [2.24, 2.45) is 17.3 Å². The van der Waals surface area contributed by atoms with Crippen LogP contribution in [0.3, 0.4) is 0 Å². The zero-order valence-corrected chi connectivity index (χ0v) is 12.9. The number of carbonyl (C=O) groups is 1. The Kier molecular flexibility index (Phi) is 3.12. The van der Waals surface area contributed by atoms with Gasteiger partial charge in [-0.1, -0.05) is 37.6 Å². The Morgan fingerprint density at radius 1 is 1.33 bits per heavy atom. The average Bonchev–Trinajstić information content (AvgIpc) is 2.78. The van der Waals surface area contributed by atoms with Crippen LogP contribution in [-0.4, -0.2) is 15.6 Å². The minimum Gasteiger partial charge on any atom is -0.273 e. The van der Waals surface area contributed by atoms with Crippen LogP contribution in [0.2, 0.25) is 0 Å². The molecule has 2 aromatic rings. The molecule has 1 aliphatic carbocycles. The number of aromatic nitrogens is 2. The fraction of sp³-hybridized carbons (Fsp3) is 0.412. The molecule has 0 bridgehead atoms. The predicted molar refractivity (Wildman–Crippen MR) is 84.3 cm³/mol. The van der Waals surface area contributed by atoms with E-state index in [0.29, 0.717) is 5.92 Å².